The molecule has 0 aliphatic carbocycles. The molecule has 588 valence electrons. The minimum atomic E-state index is -1.53. The van der Waals surface area contributed by atoms with Crippen LogP contribution in [0.15, 0.2) is 231 Å². The third kappa shape index (κ3) is 84.5. The molecule has 0 aromatic heterocycles. The monoisotopic (exact) mass is 1450 g/mol. The summed E-state index contributed by atoms with van der Waals surface area (Å²) in [5.74, 6) is -2.05. The summed E-state index contributed by atoms with van der Waals surface area (Å²) in [4.78, 5) is 37.8. The van der Waals surface area contributed by atoms with Gasteiger partial charge in [0.1, 0.15) is 13.2 Å². The van der Waals surface area contributed by atoms with Gasteiger partial charge in [-0.1, -0.05) is 354 Å². The zero-order valence-corrected chi connectivity index (χ0v) is 67.3. The van der Waals surface area contributed by atoms with Crippen molar-refractivity contribution in [2.24, 2.45) is 0 Å². The van der Waals surface area contributed by atoms with Crippen molar-refractivity contribution in [3.8, 4) is 0 Å². The first-order chi connectivity index (χ1) is 51.6. The largest absolute Gasteiger partial charge is 0.477 e. The van der Waals surface area contributed by atoms with Crippen molar-refractivity contribution in [2.75, 3.05) is 47.5 Å². The SMILES string of the molecule is CC/C=C\C/C=C\C/C=C\C/C=C\C/C=C\C/C=C\C/C=C\C/C=C\C/C=C\C/C=C\C/C=C\C/C=C\CCCCCCC(=O)OC(COC(=O)CCCCCCCCCCCCCCCCCCC/C=C\C/C=C\C/C=C\C/C=C\C/C=C\C/C=C\C/C=C\CC)COC(OCC[N+](C)(C)C)C(=O)O. The number of esters is 2. The van der Waals surface area contributed by atoms with Crippen LogP contribution in [-0.2, 0) is 33.3 Å². The smallest absolute Gasteiger partial charge is 0.361 e. The first-order valence-electron chi connectivity index (χ1n) is 41.5. The zero-order chi connectivity index (χ0) is 76.0. The van der Waals surface area contributed by atoms with Gasteiger partial charge in [0.25, 0.3) is 6.29 Å². The fraction of sp³-hybridized carbons (Fsp3) is 0.573. The van der Waals surface area contributed by atoms with Crippen molar-refractivity contribution in [3.63, 3.8) is 0 Å². The van der Waals surface area contributed by atoms with Crippen LogP contribution in [0.1, 0.15) is 296 Å². The Hall–Kier alpha value is -6.65. The highest BCUT2D eigenvalue weighted by Crippen LogP contribution is 2.17. The maximum Gasteiger partial charge on any atom is 0.361 e. The summed E-state index contributed by atoms with van der Waals surface area (Å²) in [7, 11) is 5.96. The molecule has 0 aromatic rings. The minimum absolute atomic E-state index is 0.172. The van der Waals surface area contributed by atoms with E-state index < -0.39 is 24.3 Å². The second-order valence-corrected chi connectivity index (χ2v) is 28.0. The first-order valence-corrected chi connectivity index (χ1v) is 41.5. The number of ether oxygens (including phenoxy) is 4. The van der Waals surface area contributed by atoms with E-state index in [1.54, 1.807) is 0 Å². The predicted octanol–water partition coefficient (Wildman–Crippen LogP) is 27.4. The van der Waals surface area contributed by atoms with Gasteiger partial charge in [0.2, 0.25) is 0 Å². The summed E-state index contributed by atoms with van der Waals surface area (Å²) >= 11 is 0. The van der Waals surface area contributed by atoms with Gasteiger partial charge >= 0.3 is 17.9 Å². The van der Waals surface area contributed by atoms with E-state index in [1.807, 2.05) is 21.1 Å². The Morgan fingerprint density at radius 1 is 0.286 bits per heavy atom. The lowest BCUT2D eigenvalue weighted by molar-refractivity contribution is -0.870. The summed E-state index contributed by atoms with van der Waals surface area (Å²) in [5.41, 5.74) is 0. The Morgan fingerprint density at radius 2 is 0.514 bits per heavy atom. The highest BCUT2D eigenvalue weighted by molar-refractivity contribution is 5.71. The number of quaternary nitrogens is 1. The summed E-state index contributed by atoms with van der Waals surface area (Å²) < 4.78 is 23.0. The van der Waals surface area contributed by atoms with Crippen LogP contribution in [0.3, 0.4) is 0 Å². The average Bonchev–Trinajstić information content (AvgIpc) is 1.18. The molecule has 9 heteroatoms. The van der Waals surface area contributed by atoms with Gasteiger partial charge in [-0.3, -0.25) is 9.59 Å². The van der Waals surface area contributed by atoms with Crippen LogP contribution in [0.4, 0.5) is 0 Å². The van der Waals surface area contributed by atoms with Gasteiger partial charge in [-0.05, 0) is 161 Å². The van der Waals surface area contributed by atoms with Crippen molar-refractivity contribution in [1.29, 1.82) is 0 Å². The molecule has 2 atom stereocenters. The summed E-state index contributed by atoms with van der Waals surface area (Å²) in [6.07, 6.45) is 129. The predicted molar refractivity (Wildman–Crippen MR) is 455 cm³/mol. The van der Waals surface area contributed by atoms with E-state index in [0.717, 1.165) is 167 Å². The number of carboxylic acid groups (broad SMARTS) is 1. The molecule has 105 heavy (non-hydrogen) atoms. The van der Waals surface area contributed by atoms with Crippen LogP contribution in [0.2, 0.25) is 0 Å². The van der Waals surface area contributed by atoms with Crippen LogP contribution in [0.5, 0.6) is 0 Å². The number of carbonyl (C=O) groups excluding carboxylic acids is 2. The third-order valence-electron chi connectivity index (χ3n) is 16.9. The molecule has 0 heterocycles. The Bertz CT molecular complexity index is 2590. The summed E-state index contributed by atoms with van der Waals surface area (Å²) in [6.45, 7) is 4.61. The molecule has 0 fully saturated rings. The second kappa shape index (κ2) is 83.0. The lowest BCUT2D eigenvalue weighted by Crippen LogP contribution is -2.40. The van der Waals surface area contributed by atoms with Gasteiger partial charge in [0.15, 0.2) is 6.10 Å². The van der Waals surface area contributed by atoms with Crippen LogP contribution in [-0.4, -0.2) is 87.4 Å². The second-order valence-electron chi connectivity index (χ2n) is 28.0. The number of unbranched alkanes of at least 4 members (excludes halogenated alkanes) is 21. The molecule has 9 nitrogen and oxygen atoms in total. The molecule has 0 bridgehead atoms. The standard InChI is InChI=1S/C96H151NO8/c1-6-8-10-12-14-16-18-20-22-24-26-28-30-32-34-36-38-40-42-44-46-47-49-51-53-55-57-59-61-63-65-67-69-71-73-75-77-79-81-83-85-87-94(99)105-92(91-104-96(95(100)101)102-89-88-97(3,4)5)90-103-93(98)86-84-82-80-78-76-74-72-70-68-66-64-62-60-58-56-54-52-50-48-45-43-41-39-37-35-33-31-29-27-25-23-21-19-17-15-13-11-9-7-2/h8-11,14-17,20-23,26-29,32-35,38-41,44-46,48-49,51,55,57,61,63,67,69,73,75,92,96H,6-7,12-13,18-19,24-25,30-31,36-37,42-43,47,50,52-54,56,58-60,62,64-66,68,70-72,74,76-91H2,1-5H3/p+1/b10-8-,11-9-,16-14-,17-15-,22-20-,23-21-,28-26-,29-27-,34-32-,35-33-,40-38-,41-39-,46-44-,48-45-,51-49-,57-55-,63-61-,69-67-,75-73-. The number of carbonyl (C=O) groups is 3. The van der Waals surface area contributed by atoms with E-state index in [9.17, 15) is 19.5 Å². The Kier molecular flexibility index (Phi) is 77.7. The zero-order valence-electron chi connectivity index (χ0n) is 67.3. The van der Waals surface area contributed by atoms with Crippen LogP contribution < -0.4 is 0 Å². The topological polar surface area (TPSA) is 108 Å². The van der Waals surface area contributed by atoms with E-state index in [-0.39, 0.29) is 38.6 Å². The molecule has 0 rings (SSSR count). The summed E-state index contributed by atoms with van der Waals surface area (Å²) in [6, 6.07) is 0. The van der Waals surface area contributed by atoms with Gasteiger partial charge in [-0.25, -0.2) is 4.79 Å². The number of likely N-dealkylation sites (N-methyl/N-ethyl adjacent to an activating group) is 1. The molecule has 0 radical (unpaired) electrons. The van der Waals surface area contributed by atoms with Gasteiger partial charge in [0, 0.05) is 12.8 Å². The number of rotatable bonds is 74. The number of hydrogen-bond acceptors (Lipinski definition) is 7. The molecule has 0 saturated heterocycles. The van der Waals surface area contributed by atoms with E-state index >= 15 is 0 Å². The maximum absolute atomic E-state index is 13.0. The molecule has 0 amide bonds. The van der Waals surface area contributed by atoms with Gasteiger partial charge in [-0.2, -0.15) is 0 Å². The van der Waals surface area contributed by atoms with Crippen molar-refractivity contribution in [3.05, 3.63) is 231 Å². The van der Waals surface area contributed by atoms with Crippen LogP contribution in [0.25, 0.3) is 0 Å². The number of aliphatic carboxylic acids is 1. The molecule has 0 aromatic carbocycles. The highest BCUT2D eigenvalue weighted by atomic mass is 16.7. The first kappa shape index (κ1) is 98.4. The van der Waals surface area contributed by atoms with E-state index in [2.05, 4.69) is 245 Å². The maximum atomic E-state index is 13.0. The Morgan fingerprint density at radius 3 is 0.762 bits per heavy atom. The highest BCUT2D eigenvalue weighted by Gasteiger charge is 2.25. The number of carboxylic acids is 1. The van der Waals surface area contributed by atoms with Crippen LogP contribution in [0, 0.1) is 0 Å². The van der Waals surface area contributed by atoms with Gasteiger partial charge < -0.3 is 28.5 Å². The van der Waals surface area contributed by atoms with Crippen LogP contribution >= 0.6 is 0 Å². The quantitative estimate of drug-likeness (QED) is 0.0211. The molecule has 0 aliphatic heterocycles. The fourth-order valence-corrected chi connectivity index (χ4v) is 10.7. The molecule has 0 saturated carbocycles. The Balaban J connectivity index is 4.15. The molecule has 0 spiro atoms. The fourth-order valence-electron chi connectivity index (χ4n) is 10.7. The Labute approximate surface area is 644 Å². The number of nitrogens with zero attached hydrogens (tertiary/aromatic N) is 1. The molecular formula is C96H152NO8+. The van der Waals surface area contributed by atoms with E-state index in [0.29, 0.717) is 17.4 Å². The van der Waals surface area contributed by atoms with E-state index in [1.165, 1.54) is 96.3 Å². The molecule has 0 aliphatic rings. The lowest BCUT2D eigenvalue weighted by atomic mass is 10.0. The lowest BCUT2D eigenvalue weighted by Gasteiger charge is -2.25. The minimum Gasteiger partial charge on any atom is -0.477 e. The molecule has 1 N–H and O–H groups in total. The average molecular weight is 1450 g/mol. The van der Waals surface area contributed by atoms with Gasteiger partial charge in [0.05, 0.1) is 34.4 Å². The van der Waals surface area contributed by atoms with Crippen molar-refractivity contribution < 1.29 is 42.9 Å². The molecule has 2 unspecified atom stereocenters. The number of allylic oxidation sites excluding steroid dienone is 38. The summed E-state index contributed by atoms with van der Waals surface area (Å²) in [5, 5.41) is 9.78. The van der Waals surface area contributed by atoms with Crippen molar-refractivity contribution in [1.82, 2.24) is 0 Å². The van der Waals surface area contributed by atoms with Crippen molar-refractivity contribution >= 4 is 17.9 Å². The van der Waals surface area contributed by atoms with Crippen molar-refractivity contribution in [2.45, 2.75) is 309 Å². The van der Waals surface area contributed by atoms with Gasteiger partial charge in [-0.15, -0.1) is 0 Å². The van der Waals surface area contributed by atoms with E-state index in [4.69, 9.17) is 18.9 Å². The third-order valence-corrected chi connectivity index (χ3v) is 16.9. The molecular weight excluding hydrogens is 1300 g/mol. The number of hydrogen-bond donors (Lipinski definition) is 1. The normalized spacial score (nSPS) is 13.9.